The Morgan fingerprint density at radius 1 is 1.33 bits per heavy atom. The molecule has 0 spiro atoms. The Morgan fingerprint density at radius 2 is 2.19 bits per heavy atom. The Bertz CT molecular complexity index is 672. The number of hydrogen-bond acceptors (Lipinski definition) is 7. The number of carbonyl (C=O) groups excluding carboxylic acids is 2. The molecule has 150 valence electrons. The lowest BCUT2D eigenvalue weighted by Gasteiger charge is -2.42. The molecule has 4 atom stereocenters. The molecule has 27 heavy (non-hydrogen) atoms. The molecule has 1 aliphatic heterocycles. The highest BCUT2D eigenvalue weighted by Crippen LogP contribution is 2.40. The van der Waals surface area contributed by atoms with E-state index in [1.807, 2.05) is 0 Å². The maximum Gasteiger partial charge on any atom is 0.323 e. The normalized spacial score (nSPS) is 30.9. The van der Waals surface area contributed by atoms with Crippen LogP contribution in [0.15, 0.2) is 0 Å². The summed E-state index contributed by atoms with van der Waals surface area (Å²) in [5, 5.41) is 17.2. The minimum absolute atomic E-state index is 0.0793. The van der Waals surface area contributed by atoms with Gasteiger partial charge in [-0.05, 0) is 50.0 Å². The second-order valence-corrected chi connectivity index (χ2v) is 7.71. The largest absolute Gasteiger partial charge is 0.463 e. The van der Waals surface area contributed by atoms with Crippen LogP contribution in [0.2, 0.25) is 0 Å². The van der Waals surface area contributed by atoms with Crippen LogP contribution >= 0.6 is 0 Å². The summed E-state index contributed by atoms with van der Waals surface area (Å²) in [6.07, 6.45) is 5.57. The highest BCUT2D eigenvalue weighted by atomic mass is 16.5. The fourth-order valence-corrected chi connectivity index (χ4v) is 4.09. The van der Waals surface area contributed by atoms with Crippen molar-refractivity contribution in [2.24, 2.45) is 17.8 Å². The Balaban J connectivity index is 1.48. The fraction of sp³-hybridized carbons (Fsp3) is 0.833. The van der Waals surface area contributed by atoms with E-state index < -0.39 is 12.0 Å². The van der Waals surface area contributed by atoms with Crippen molar-refractivity contribution in [3.05, 3.63) is 5.82 Å². The molecule has 9 heteroatoms. The molecule has 1 amide bonds. The van der Waals surface area contributed by atoms with Crippen LogP contribution in [0, 0.1) is 17.8 Å². The summed E-state index contributed by atoms with van der Waals surface area (Å²) in [6, 6.07) is -1.40. The van der Waals surface area contributed by atoms with Crippen LogP contribution in [0.3, 0.4) is 0 Å². The summed E-state index contributed by atoms with van der Waals surface area (Å²) >= 11 is 0. The van der Waals surface area contributed by atoms with Gasteiger partial charge in [0, 0.05) is 20.4 Å². The van der Waals surface area contributed by atoms with E-state index in [-0.39, 0.29) is 12.5 Å². The molecule has 2 fully saturated rings. The third-order valence-electron chi connectivity index (χ3n) is 5.90. The molecule has 2 heterocycles. The van der Waals surface area contributed by atoms with Gasteiger partial charge in [-0.15, -0.1) is 10.2 Å². The number of aromatic amines is 1. The first-order chi connectivity index (χ1) is 13.4. The first kappa shape index (κ1) is 18.3. The highest BCUT2D eigenvalue weighted by molar-refractivity contribution is 5.76. The lowest BCUT2D eigenvalue weighted by atomic mass is 9.69. The predicted octanol–water partition coefficient (Wildman–Crippen LogP) is 0.548. The smallest absolute Gasteiger partial charge is 0.323 e. The third kappa shape index (κ3) is 5.47. The maximum atomic E-state index is 12.5. The van der Waals surface area contributed by atoms with Crippen LogP contribution in [0.5, 0.6) is 0 Å². The zero-order chi connectivity index (χ0) is 20.1. The lowest BCUT2D eigenvalue weighted by Crippen LogP contribution is -2.50. The van der Waals surface area contributed by atoms with Crippen LogP contribution in [-0.4, -0.2) is 70.2 Å². The highest BCUT2D eigenvalue weighted by Gasteiger charge is 2.38. The van der Waals surface area contributed by atoms with Gasteiger partial charge in [0.1, 0.15) is 12.6 Å². The monoisotopic (exact) mass is 379 g/mol. The number of carbonyl (C=O) groups is 2. The van der Waals surface area contributed by atoms with E-state index >= 15 is 0 Å². The summed E-state index contributed by atoms with van der Waals surface area (Å²) in [6.45, 7) is 2.59. The van der Waals surface area contributed by atoms with E-state index in [9.17, 15) is 9.59 Å². The zero-order valence-electron chi connectivity index (χ0n) is 17.1. The number of piperidine rings is 1. The molecule has 2 N–H and O–H groups in total. The number of hydrogen-bond donors (Lipinski definition) is 2. The fourth-order valence-electron chi connectivity index (χ4n) is 4.09. The summed E-state index contributed by atoms with van der Waals surface area (Å²) in [5.74, 6) is 1.52. The van der Waals surface area contributed by atoms with Crippen molar-refractivity contribution >= 4 is 11.9 Å². The van der Waals surface area contributed by atoms with Crippen LogP contribution in [-0.2, 0) is 20.7 Å². The van der Waals surface area contributed by atoms with Crippen molar-refractivity contribution in [1.82, 2.24) is 30.8 Å². The number of fused-ring (bicyclic) bond motifs is 1. The summed E-state index contributed by atoms with van der Waals surface area (Å²) in [7, 11) is 1.66. The molecule has 0 aromatic carbocycles. The van der Waals surface area contributed by atoms with Gasteiger partial charge in [-0.1, -0.05) is 11.6 Å². The van der Waals surface area contributed by atoms with Gasteiger partial charge in [-0.25, -0.2) is 0 Å². The number of nitrogens with zero attached hydrogens (tertiary/aromatic N) is 4. The molecule has 3 rings (SSSR count). The number of H-pyrrole nitrogens is 1. The molecular formula is C18H30N6O3. The average molecular weight is 379 g/mol. The Morgan fingerprint density at radius 3 is 2.93 bits per heavy atom. The third-order valence-corrected chi connectivity index (χ3v) is 5.90. The number of aryl methyl sites for hydroxylation is 1. The van der Waals surface area contributed by atoms with Gasteiger partial charge in [0.05, 0.1) is 7.92 Å². The van der Waals surface area contributed by atoms with Crippen LogP contribution in [0.1, 0.15) is 46.2 Å². The van der Waals surface area contributed by atoms with Crippen molar-refractivity contribution in [2.75, 3.05) is 26.7 Å². The number of tetrazole rings is 1. The molecule has 0 radical (unpaired) electrons. The molecule has 1 aromatic heterocycles. The van der Waals surface area contributed by atoms with E-state index in [1.54, 1.807) is 7.05 Å². The molecule has 1 saturated carbocycles. The van der Waals surface area contributed by atoms with Crippen LogP contribution in [0.4, 0.5) is 0 Å². The molecule has 0 unspecified atom stereocenters. The Kier molecular flexibility index (Phi) is 6.28. The molecule has 1 aliphatic carbocycles. The summed E-state index contributed by atoms with van der Waals surface area (Å²) in [5.41, 5.74) is 0. The van der Waals surface area contributed by atoms with Gasteiger partial charge < -0.3 is 15.0 Å². The molecule has 0 bridgehead atoms. The number of amides is 1. The minimum Gasteiger partial charge on any atom is -0.463 e. The van der Waals surface area contributed by atoms with Gasteiger partial charge >= 0.3 is 5.97 Å². The molecular weight excluding hydrogens is 348 g/mol. The van der Waals surface area contributed by atoms with Gasteiger partial charge in [-0.3, -0.25) is 9.59 Å². The second-order valence-electron chi connectivity index (χ2n) is 7.71. The SMILES string of the molecule is [2H][C@@]1(C(=O)OCCN(C)C(C)=O)C[C@H]2C[C@@H](CCc3nn[nH]n3)CC[C@H]2CN1. The zero-order valence-corrected chi connectivity index (χ0v) is 16.1. The number of nitrogens with one attached hydrogen (secondary N) is 2. The Labute approximate surface area is 161 Å². The van der Waals surface area contributed by atoms with E-state index in [0.717, 1.165) is 37.9 Å². The topological polar surface area (TPSA) is 113 Å². The molecule has 2 aliphatic rings. The van der Waals surface area contributed by atoms with E-state index in [0.29, 0.717) is 37.3 Å². The van der Waals surface area contributed by atoms with Crippen LogP contribution < -0.4 is 5.32 Å². The van der Waals surface area contributed by atoms with Gasteiger partial charge in [-0.2, -0.15) is 5.21 Å². The summed E-state index contributed by atoms with van der Waals surface area (Å²) in [4.78, 5) is 25.2. The molecule has 9 nitrogen and oxygen atoms in total. The van der Waals surface area contributed by atoms with E-state index in [2.05, 4.69) is 25.9 Å². The number of ether oxygens (including phenoxy) is 1. The van der Waals surface area contributed by atoms with Crippen molar-refractivity contribution in [2.45, 2.75) is 51.5 Å². The van der Waals surface area contributed by atoms with E-state index in [1.165, 1.54) is 11.8 Å². The first-order valence-electron chi connectivity index (χ1n) is 10.2. The van der Waals surface area contributed by atoms with Crippen LogP contribution in [0.25, 0.3) is 0 Å². The van der Waals surface area contributed by atoms with Crippen molar-refractivity contribution < 1.29 is 15.7 Å². The second kappa shape index (κ2) is 9.25. The lowest BCUT2D eigenvalue weighted by molar-refractivity contribution is -0.149. The van der Waals surface area contributed by atoms with E-state index in [4.69, 9.17) is 6.11 Å². The van der Waals surface area contributed by atoms with Crippen molar-refractivity contribution in [1.29, 1.82) is 0 Å². The molecule has 1 saturated heterocycles. The minimum atomic E-state index is -1.40. The number of aromatic nitrogens is 4. The number of likely N-dealkylation sites (N-methyl/N-ethyl adjacent to an activating group) is 1. The quantitative estimate of drug-likeness (QED) is 0.665. The predicted molar refractivity (Wildman–Crippen MR) is 97.5 cm³/mol. The standard InChI is InChI=1S/C18H30N6O3/c1-12(25)24(2)7-8-27-18(26)16-10-15-9-13(3-5-14(15)11-19-16)4-6-17-20-22-23-21-17/h13-16,19H,3-11H2,1-2H3,(H,20,21,22,23)/t13-,14+,15-,16+/m1/s1/i16D. The van der Waals surface area contributed by atoms with Gasteiger partial charge in [0.15, 0.2) is 5.82 Å². The number of esters is 1. The van der Waals surface area contributed by atoms with Gasteiger partial charge in [0.2, 0.25) is 5.91 Å². The van der Waals surface area contributed by atoms with Crippen molar-refractivity contribution in [3.63, 3.8) is 0 Å². The Hall–Kier alpha value is -2.03. The molecule has 1 aromatic rings. The average Bonchev–Trinajstić information content (AvgIpc) is 3.19. The van der Waals surface area contributed by atoms with Gasteiger partial charge in [0.25, 0.3) is 0 Å². The summed E-state index contributed by atoms with van der Waals surface area (Å²) < 4.78 is 13.9. The first-order valence-corrected chi connectivity index (χ1v) is 9.73. The maximum absolute atomic E-state index is 12.5. The van der Waals surface area contributed by atoms with Crippen molar-refractivity contribution in [3.8, 4) is 0 Å². The number of rotatable bonds is 7.